The molecule has 0 bridgehead atoms. The Morgan fingerprint density at radius 1 is 1.07 bits per heavy atom. The first-order chi connectivity index (χ1) is 14.5. The van der Waals surface area contributed by atoms with Crippen LogP contribution < -0.4 is 0 Å². The first-order valence-corrected chi connectivity index (χ1v) is 10.1. The monoisotopic (exact) mass is 408 g/mol. The van der Waals surface area contributed by atoms with Crippen LogP contribution in [0.2, 0.25) is 0 Å². The largest absolute Gasteiger partial charge is 0.340 e. The lowest BCUT2D eigenvalue weighted by atomic mass is 10.1. The molecule has 0 saturated carbocycles. The summed E-state index contributed by atoms with van der Waals surface area (Å²) >= 11 is 0. The van der Waals surface area contributed by atoms with Gasteiger partial charge in [0, 0.05) is 31.7 Å². The summed E-state index contributed by atoms with van der Waals surface area (Å²) in [5.74, 6) is 0.742. The Bertz CT molecular complexity index is 1020. The molecule has 0 atom stereocenters. The Balaban J connectivity index is 1.29. The van der Waals surface area contributed by atoms with Crippen LogP contribution in [0.4, 0.5) is 4.39 Å². The molecule has 156 valence electrons. The molecule has 2 aromatic carbocycles. The van der Waals surface area contributed by atoms with E-state index in [1.807, 2.05) is 36.1 Å². The van der Waals surface area contributed by atoms with Crippen molar-refractivity contribution in [2.75, 3.05) is 26.2 Å². The van der Waals surface area contributed by atoms with Crippen LogP contribution in [0.25, 0.3) is 11.4 Å². The van der Waals surface area contributed by atoms with Crippen LogP contribution in [0, 0.1) is 19.7 Å². The van der Waals surface area contributed by atoms with Crippen LogP contribution in [0.15, 0.2) is 47.0 Å². The number of benzene rings is 2. The summed E-state index contributed by atoms with van der Waals surface area (Å²) < 4.78 is 19.1. The normalized spacial score (nSPS) is 14.8. The van der Waals surface area contributed by atoms with Gasteiger partial charge in [0.1, 0.15) is 5.82 Å². The van der Waals surface area contributed by atoms with Crippen LogP contribution >= 0.6 is 0 Å². The van der Waals surface area contributed by atoms with Gasteiger partial charge < -0.3 is 9.42 Å². The van der Waals surface area contributed by atoms with Gasteiger partial charge in [-0.3, -0.25) is 9.69 Å². The molecule has 1 fully saturated rings. The van der Waals surface area contributed by atoms with Gasteiger partial charge in [-0.2, -0.15) is 4.98 Å². The van der Waals surface area contributed by atoms with Gasteiger partial charge in [-0.05, 0) is 31.0 Å². The maximum Gasteiger partial charge on any atom is 0.241 e. The molecule has 30 heavy (non-hydrogen) atoms. The minimum absolute atomic E-state index is 0.153. The van der Waals surface area contributed by atoms with E-state index in [4.69, 9.17) is 4.52 Å². The van der Waals surface area contributed by atoms with Gasteiger partial charge in [-0.15, -0.1) is 0 Å². The molecule has 6 nitrogen and oxygen atoms in total. The number of hydrogen-bond acceptors (Lipinski definition) is 5. The maximum atomic E-state index is 13.8. The van der Waals surface area contributed by atoms with E-state index in [0.717, 1.165) is 18.7 Å². The summed E-state index contributed by atoms with van der Waals surface area (Å²) in [4.78, 5) is 21.1. The smallest absolute Gasteiger partial charge is 0.241 e. The predicted molar refractivity (Wildman–Crippen MR) is 111 cm³/mol. The highest BCUT2D eigenvalue weighted by Gasteiger charge is 2.23. The van der Waals surface area contributed by atoms with E-state index in [-0.39, 0.29) is 11.7 Å². The Kier molecular flexibility index (Phi) is 5.90. The third-order valence-electron chi connectivity index (χ3n) is 5.46. The van der Waals surface area contributed by atoms with Gasteiger partial charge in [0.2, 0.25) is 17.6 Å². The number of carbonyl (C=O) groups excluding carboxylic acids is 1. The van der Waals surface area contributed by atoms with Gasteiger partial charge in [-0.25, -0.2) is 4.39 Å². The second-order valence-electron chi connectivity index (χ2n) is 7.79. The number of rotatable bonds is 5. The van der Waals surface area contributed by atoms with Crippen LogP contribution in [0.1, 0.15) is 22.6 Å². The topological polar surface area (TPSA) is 62.5 Å². The van der Waals surface area contributed by atoms with Crippen molar-refractivity contribution in [3.63, 3.8) is 0 Å². The highest BCUT2D eigenvalue weighted by Crippen LogP contribution is 2.20. The van der Waals surface area contributed by atoms with Crippen LogP contribution in [0.3, 0.4) is 0 Å². The van der Waals surface area contributed by atoms with E-state index in [1.54, 1.807) is 19.1 Å². The van der Waals surface area contributed by atoms with E-state index in [1.165, 1.54) is 11.6 Å². The number of halogens is 1. The average molecular weight is 408 g/mol. The number of amides is 1. The highest BCUT2D eigenvalue weighted by atomic mass is 19.1. The molecule has 1 aliphatic heterocycles. The molecule has 1 saturated heterocycles. The second kappa shape index (κ2) is 8.75. The van der Waals surface area contributed by atoms with Crippen molar-refractivity contribution >= 4 is 5.91 Å². The third-order valence-corrected chi connectivity index (χ3v) is 5.46. The van der Waals surface area contributed by atoms with Crippen molar-refractivity contribution < 1.29 is 13.7 Å². The molecule has 0 radical (unpaired) electrons. The number of hydrogen-bond donors (Lipinski definition) is 0. The van der Waals surface area contributed by atoms with Crippen LogP contribution in [-0.2, 0) is 17.8 Å². The summed E-state index contributed by atoms with van der Waals surface area (Å²) in [5, 5.41) is 3.97. The molecular formula is C23H25FN4O2. The number of aryl methyl sites for hydroxylation is 2. The first-order valence-electron chi connectivity index (χ1n) is 10.1. The molecule has 3 aromatic rings. The zero-order chi connectivity index (χ0) is 21.1. The highest BCUT2D eigenvalue weighted by molar-refractivity contribution is 5.78. The lowest BCUT2D eigenvalue weighted by molar-refractivity contribution is -0.132. The second-order valence-corrected chi connectivity index (χ2v) is 7.79. The summed E-state index contributed by atoms with van der Waals surface area (Å²) in [6, 6.07) is 13.0. The summed E-state index contributed by atoms with van der Waals surface area (Å²) in [7, 11) is 0. The Morgan fingerprint density at radius 2 is 1.80 bits per heavy atom. The van der Waals surface area contributed by atoms with E-state index < -0.39 is 0 Å². The standard InChI is InChI=1S/C23H25FN4O2/c1-16-3-6-18(7-4-16)13-22(29)28-11-9-27(10-12-28)15-21-25-23(26-30-21)19-8-5-17(2)20(24)14-19/h3-8,14H,9-13,15H2,1-2H3. The summed E-state index contributed by atoms with van der Waals surface area (Å²) in [6.07, 6.45) is 0.431. The molecule has 0 N–H and O–H groups in total. The van der Waals surface area contributed by atoms with Gasteiger partial charge in [0.25, 0.3) is 0 Å². The third kappa shape index (κ3) is 4.74. The fraction of sp³-hybridized carbons (Fsp3) is 0.348. The van der Waals surface area contributed by atoms with Crippen LogP contribution in [-0.4, -0.2) is 52.0 Å². The predicted octanol–water partition coefficient (Wildman–Crippen LogP) is 3.38. The molecule has 1 aromatic heterocycles. The van der Waals surface area contributed by atoms with E-state index in [9.17, 15) is 9.18 Å². The fourth-order valence-electron chi connectivity index (χ4n) is 3.51. The fourth-order valence-corrected chi connectivity index (χ4v) is 3.51. The molecule has 2 heterocycles. The summed E-state index contributed by atoms with van der Waals surface area (Å²) in [6.45, 7) is 7.11. The van der Waals surface area contributed by atoms with Crippen molar-refractivity contribution in [3.05, 3.63) is 70.9 Å². The number of carbonyl (C=O) groups is 1. The molecule has 1 aliphatic rings. The van der Waals surface area contributed by atoms with E-state index in [2.05, 4.69) is 15.0 Å². The molecule has 4 rings (SSSR count). The first kappa shape index (κ1) is 20.2. The van der Waals surface area contributed by atoms with Crippen LogP contribution in [0.5, 0.6) is 0 Å². The Hall–Kier alpha value is -3.06. The SMILES string of the molecule is Cc1ccc(CC(=O)N2CCN(Cc3nc(-c4ccc(C)c(F)c4)no3)CC2)cc1. The molecule has 7 heteroatoms. The quantitative estimate of drug-likeness (QED) is 0.648. The molecular weight excluding hydrogens is 383 g/mol. The van der Waals surface area contributed by atoms with Crippen molar-refractivity contribution in [2.24, 2.45) is 0 Å². The van der Waals surface area contributed by atoms with Crippen molar-refractivity contribution in [3.8, 4) is 11.4 Å². The number of nitrogens with zero attached hydrogens (tertiary/aromatic N) is 4. The minimum Gasteiger partial charge on any atom is -0.340 e. The van der Waals surface area contributed by atoms with Crippen molar-refractivity contribution in [1.29, 1.82) is 0 Å². The molecule has 0 spiro atoms. The van der Waals surface area contributed by atoms with Gasteiger partial charge in [0.05, 0.1) is 13.0 Å². The van der Waals surface area contributed by atoms with Gasteiger partial charge in [0.15, 0.2) is 0 Å². The van der Waals surface area contributed by atoms with Gasteiger partial charge >= 0.3 is 0 Å². The molecule has 1 amide bonds. The summed E-state index contributed by atoms with van der Waals surface area (Å²) in [5.41, 5.74) is 3.41. The minimum atomic E-state index is -0.287. The number of piperazine rings is 1. The Labute approximate surface area is 175 Å². The average Bonchev–Trinajstić information content (AvgIpc) is 3.21. The zero-order valence-corrected chi connectivity index (χ0v) is 17.3. The van der Waals surface area contributed by atoms with E-state index in [0.29, 0.717) is 48.9 Å². The molecule has 0 aliphatic carbocycles. The number of aromatic nitrogens is 2. The zero-order valence-electron chi connectivity index (χ0n) is 17.3. The Morgan fingerprint density at radius 3 is 2.50 bits per heavy atom. The van der Waals surface area contributed by atoms with E-state index >= 15 is 0 Å². The maximum absolute atomic E-state index is 13.8. The van der Waals surface area contributed by atoms with Crippen molar-refractivity contribution in [1.82, 2.24) is 19.9 Å². The lowest BCUT2D eigenvalue weighted by Crippen LogP contribution is -2.48. The molecule has 0 unspecified atom stereocenters. The van der Waals surface area contributed by atoms with Gasteiger partial charge in [-0.1, -0.05) is 47.1 Å². The lowest BCUT2D eigenvalue weighted by Gasteiger charge is -2.34. The van der Waals surface area contributed by atoms with Crippen molar-refractivity contribution in [2.45, 2.75) is 26.8 Å².